The summed E-state index contributed by atoms with van der Waals surface area (Å²) in [6, 6.07) is 16.3. The number of rotatable bonds is 8. The number of methoxy groups -OCH3 is 1. The van der Waals surface area contributed by atoms with Crippen molar-refractivity contribution in [3.8, 4) is 11.4 Å². The zero-order chi connectivity index (χ0) is 18.4. The van der Waals surface area contributed by atoms with E-state index < -0.39 is 9.84 Å². The summed E-state index contributed by atoms with van der Waals surface area (Å²) in [5, 5.41) is 0.829. The lowest BCUT2D eigenvalue weighted by molar-refractivity contribution is 0.414. The van der Waals surface area contributed by atoms with Gasteiger partial charge in [0.25, 0.3) is 0 Å². The Morgan fingerprint density at radius 2 is 1.92 bits per heavy atom. The molecule has 7 heteroatoms. The van der Waals surface area contributed by atoms with Crippen LogP contribution in [0, 0.1) is 0 Å². The maximum absolute atomic E-state index is 12.3. The van der Waals surface area contributed by atoms with E-state index in [9.17, 15) is 8.42 Å². The Balaban J connectivity index is 1.60. The molecular formula is C19H20N2O3S2. The first kappa shape index (κ1) is 18.5. The van der Waals surface area contributed by atoms with Gasteiger partial charge in [-0.1, -0.05) is 36.0 Å². The van der Waals surface area contributed by atoms with Crippen molar-refractivity contribution in [1.29, 1.82) is 0 Å². The van der Waals surface area contributed by atoms with Crippen LogP contribution in [0.4, 0.5) is 0 Å². The van der Waals surface area contributed by atoms with Crippen molar-refractivity contribution >= 4 is 21.6 Å². The molecule has 0 unspecified atom stereocenters. The monoisotopic (exact) mass is 388 g/mol. The minimum Gasteiger partial charge on any atom is -0.497 e. The molecule has 26 heavy (non-hydrogen) atoms. The second-order valence-corrected chi connectivity index (χ2v) is 8.79. The van der Waals surface area contributed by atoms with Crippen LogP contribution in [0.15, 0.2) is 77.0 Å². The van der Waals surface area contributed by atoms with E-state index >= 15 is 0 Å². The van der Waals surface area contributed by atoms with Crippen LogP contribution in [-0.2, 0) is 9.84 Å². The fraction of sp³-hybridized carbons (Fsp3) is 0.211. The molecule has 0 aliphatic carbocycles. The average Bonchev–Trinajstić information content (AvgIpc) is 3.14. The zero-order valence-electron chi connectivity index (χ0n) is 14.4. The molecule has 0 N–H and O–H groups in total. The molecular weight excluding hydrogens is 368 g/mol. The Morgan fingerprint density at radius 1 is 1.12 bits per heavy atom. The van der Waals surface area contributed by atoms with Crippen LogP contribution in [0.5, 0.6) is 5.75 Å². The number of ether oxygens (including phenoxy) is 1. The van der Waals surface area contributed by atoms with Crippen molar-refractivity contribution in [3.05, 3.63) is 67.0 Å². The summed E-state index contributed by atoms with van der Waals surface area (Å²) >= 11 is 1.54. The molecule has 5 nitrogen and oxygen atoms in total. The third kappa shape index (κ3) is 4.47. The van der Waals surface area contributed by atoms with Crippen molar-refractivity contribution in [2.45, 2.75) is 16.5 Å². The van der Waals surface area contributed by atoms with Crippen molar-refractivity contribution in [2.75, 3.05) is 18.6 Å². The largest absolute Gasteiger partial charge is 0.497 e. The van der Waals surface area contributed by atoms with Crippen LogP contribution in [0.1, 0.15) is 6.42 Å². The Bertz CT molecular complexity index is 954. The number of nitrogens with zero attached hydrogens (tertiary/aromatic N) is 2. The molecule has 0 aliphatic rings. The summed E-state index contributed by atoms with van der Waals surface area (Å²) in [6.07, 6.45) is 4.19. The summed E-state index contributed by atoms with van der Waals surface area (Å²) in [6.45, 7) is 0. The van der Waals surface area contributed by atoms with Gasteiger partial charge < -0.3 is 4.74 Å². The van der Waals surface area contributed by atoms with Gasteiger partial charge >= 0.3 is 0 Å². The number of thioether (sulfide) groups is 1. The fourth-order valence-electron chi connectivity index (χ4n) is 2.51. The predicted molar refractivity (Wildman–Crippen MR) is 104 cm³/mol. The molecule has 0 aliphatic heterocycles. The minimum absolute atomic E-state index is 0.129. The maximum atomic E-state index is 12.3. The fourth-order valence-corrected chi connectivity index (χ4v) is 4.94. The molecule has 0 fully saturated rings. The number of aromatic nitrogens is 2. The molecule has 136 valence electrons. The molecule has 0 spiro atoms. The topological polar surface area (TPSA) is 61.2 Å². The van der Waals surface area contributed by atoms with Gasteiger partial charge in [0, 0.05) is 24.2 Å². The number of imidazole rings is 1. The van der Waals surface area contributed by atoms with Gasteiger partial charge in [-0.05, 0) is 30.7 Å². The highest BCUT2D eigenvalue weighted by Crippen LogP contribution is 2.24. The summed E-state index contributed by atoms with van der Waals surface area (Å²) < 4.78 is 31.9. The molecule has 0 atom stereocenters. The predicted octanol–water partition coefficient (Wildman–Crippen LogP) is 3.84. The van der Waals surface area contributed by atoms with E-state index in [2.05, 4.69) is 4.98 Å². The van der Waals surface area contributed by atoms with Crippen LogP contribution >= 0.6 is 11.8 Å². The van der Waals surface area contributed by atoms with Crippen LogP contribution < -0.4 is 4.74 Å². The minimum atomic E-state index is -3.23. The highest BCUT2D eigenvalue weighted by Gasteiger charge is 2.14. The molecule has 1 heterocycles. The normalized spacial score (nSPS) is 11.4. The molecule has 0 saturated carbocycles. The second kappa shape index (κ2) is 8.42. The number of hydrogen-bond acceptors (Lipinski definition) is 5. The van der Waals surface area contributed by atoms with E-state index in [1.54, 1.807) is 49.3 Å². The SMILES string of the molecule is COc1cccc(-n2ccnc2SCCCS(=O)(=O)c2ccccc2)c1. The van der Waals surface area contributed by atoms with Crippen LogP contribution in [0.25, 0.3) is 5.69 Å². The van der Waals surface area contributed by atoms with E-state index in [1.807, 2.05) is 41.1 Å². The van der Waals surface area contributed by atoms with E-state index in [0.717, 1.165) is 16.6 Å². The molecule has 1 aromatic heterocycles. The highest BCUT2D eigenvalue weighted by molar-refractivity contribution is 7.99. The maximum Gasteiger partial charge on any atom is 0.178 e. The van der Waals surface area contributed by atoms with Gasteiger partial charge in [0.1, 0.15) is 5.75 Å². The molecule has 3 aromatic rings. The van der Waals surface area contributed by atoms with E-state index in [0.29, 0.717) is 17.1 Å². The second-order valence-electron chi connectivity index (χ2n) is 5.62. The lowest BCUT2D eigenvalue weighted by Gasteiger charge is -2.09. The molecule has 0 amide bonds. The van der Waals surface area contributed by atoms with Crippen molar-refractivity contribution in [3.63, 3.8) is 0 Å². The van der Waals surface area contributed by atoms with Gasteiger partial charge in [0.2, 0.25) is 0 Å². The Labute approximate surface area is 158 Å². The lowest BCUT2D eigenvalue weighted by atomic mass is 10.3. The number of benzene rings is 2. The Kier molecular flexibility index (Phi) is 6.00. The van der Waals surface area contributed by atoms with E-state index in [4.69, 9.17) is 4.74 Å². The average molecular weight is 389 g/mol. The van der Waals surface area contributed by atoms with Gasteiger partial charge in [-0.3, -0.25) is 4.57 Å². The van der Waals surface area contributed by atoms with Crippen LogP contribution in [-0.4, -0.2) is 36.6 Å². The zero-order valence-corrected chi connectivity index (χ0v) is 16.0. The summed E-state index contributed by atoms with van der Waals surface area (Å²) in [4.78, 5) is 4.75. The third-order valence-electron chi connectivity index (χ3n) is 3.83. The lowest BCUT2D eigenvalue weighted by Crippen LogP contribution is -2.07. The molecule has 0 bridgehead atoms. The Morgan fingerprint density at radius 3 is 2.69 bits per heavy atom. The summed E-state index contributed by atoms with van der Waals surface area (Å²) in [7, 11) is -1.59. The van der Waals surface area contributed by atoms with Gasteiger partial charge in [-0.25, -0.2) is 13.4 Å². The van der Waals surface area contributed by atoms with Crippen molar-refractivity contribution in [2.24, 2.45) is 0 Å². The van der Waals surface area contributed by atoms with E-state index in [-0.39, 0.29) is 5.75 Å². The van der Waals surface area contributed by atoms with Gasteiger partial charge in [0.15, 0.2) is 15.0 Å². The van der Waals surface area contributed by atoms with Crippen molar-refractivity contribution in [1.82, 2.24) is 9.55 Å². The third-order valence-corrected chi connectivity index (χ3v) is 6.70. The van der Waals surface area contributed by atoms with Crippen LogP contribution in [0.2, 0.25) is 0 Å². The first-order valence-electron chi connectivity index (χ1n) is 8.18. The van der Waals surface area contributed by atoms with Gasteiger partial charge in [-0.15, -0.1) is 0 Å². The molecule has 0 saturated heterocycles. The summed E-state index contributed by atoms with van der Waals surface area (Å²) in [5.41, 5.74) is 0.959. The van der Waals surface area contributed by atoms with E-state index in [1.165, 1.54) is 0 Å². The highest BCUT2D eigenvalue weighted by atomic mass is 32.2. The van der Waals surface area contributed by atoms with Gasteiger partial charge in [0.05, 0.1) is 23.4 Å². The molecule has 2 aromatic carbocycles. The Hall–Kier alpha value is -2.25. The molecule has 0 radical (unpaired) electrons. The first-order valence-corrected chi connectivity index (χ1v) is 10.8. The smallest absolute Gasteiger partial charge is 0.178 e. The number of sulfone groups is 1. The van der Waals surface area contributed by atoms with Crippen molar-refractivity contribution < 1.29 is 13.2 Å². The quantitative estimate of drug-likeness (QED) is 0.433. The summed E-state index contributed by atoms with van der Waals surface area (Å²) in [5.74, 6) is 1.58. The van der Waals surface area contributed by atoms with Crippen LogP contribution in [0.3, 0.4) is 0 Å². The standard InChI is InChI=1S/C19H20N2O3S2/c1-24-17-8-5-7-16(15-17)21-12-11-20-19(21)25-13-6-14-26(22,23)18-9-3-2-4-10-18/h2-5,7-12,15H,6,13-14H2,1H3. The molecule has 3 rings (SSSR count). The number of hydrogen-bond donors (Lipinski definition) is 0. The van der Waals surface area contributed by atoms with Gasteiger partial charge in [-0.2, -0.15) is 0 Å². The first-order chi connectivity index (χ1) is 12.6.